The zero-order valence-electron chi connectivity index (χ0n) is 7.08. The molecule has 0 amide bonds. The Balaban J connectivity index is 3.20. The predicted molar refractivity (Wildman–Crippen MR) is 49.2 cm³/mol. The molecule has 1 aromatic rings. The predicted octanol–water partition coefficient (Wildman–Crippen LogP) is 1.85. The molecule has 1 N–H and O–H groups in total. The van der Waals surface area contributed by atoms with Crippen LogP contribution in [0, 0.1) is 10.1 Å². The second kappa shape index (κ2) is 4.18. The van der Waals surface area contributed by atoms with Gasteiger partial charge in [-0.1, -0.05) is 12.1 Å². The highest BCUT2D eigenvalue weighted by Gasteiger charge is 2.16. The molecular weight excluding hydrogens is 186 g/mol. The fourth-order valence-electron chi connectivity index (χ4n) is 0.999. The largest absolute Gasteiger partial charge is 0.515 e. The van der Waals surface area contributed by atoms with Crippen molar-refractivity contribution in [3.63, 3.8) is 0 Å². The lowest BCUT2D eigenvalue weighted by Crippen LogP contribution is -2.00. The number of nitro groups is 1. The number of carbonyl (C=O) groups is 1. The first-order chi connectivity index (χ1) is 6.66. The SMILES string of the molecule is O=C(/C=C/O)c1ccccc1[N+](=O)[O-]. The summed E-state index contributed by atoms with van der Waals surface area (Å²) in [6, 6.07) is 5.56. The summed E-state index contributed by atoms with van der Waals surface area (Å²) in [5, 5.41) is 18.9. The van der Waals surface area contributed by atoms with Crippen LogP contribution in [0.15, 0.2) is 36.6 Å². The third kappa shape index (κ3) is 1.95. The van der Waals surface area contributed by atoms with Crippen molar-refractivity contribution in [2.24, 2.45) is 0 Å². The Kier molecular flexibility index (Phi) is 2.96. The number of hydrogen-bond acceptors (Lipinski definition) is 4. The first kappa shape index (κ1) is 9.91. The van der Waals surface area contributed by atoms with E-state index >= 15 is 0 Å². The molecule has 0 aliphatic heterocycles. The summed E-state index contributed by atoms with van der Waals surface area (Å²) in [4.78, 5) is 21.1. The topological polar surface area (TPSA) is 80.4 Å². The third-order valence-electron chi connectivity index (χ3n) is 1.59. The van der Waals surface area contributed by atoms with E-state index in [9.17, 15) is 14.9 Å². The van der Waals surface area contributed by atoms with Gasteiger partial charge in [-0.25, -0.2) is 0 Å². The van der Waals surface area contributed by atoms with Crippen molar-refractivity contribution in [2.75, 3.05) is 0 Å². The molecule has 0 bridgehead atoms. The van der Waals surface area contributed by atoms with Crippen molar-refractivity contribution in [3.8, 4) is 0 Å². The smallest absolute Gasteiger partial charge is 0.280 e. The van der Waals surface area contributed by atoms with E-state index in [1.807, 2.05) is 0 Å². The summed E-state index contributed by atoms with van der Waals surface area (Å²) >= 11 is 0. The summed E-state index contributed by atoms with van der Waals surface area (Å²) in [7, 11) is 0. The second-order valence-electron chi connectivity index (χ2n) is 2.45. The molecule has 0 radical (unpaired) electrons. The van der Waals surface area contributed by atoms with E-state index in [4.69, 9.17) is 5.11 Å². The van der Waals surface area contributed by atoms with Gasteiger partial charge in [0.25, 0.3) is 5.69 Å². The van der Waals surface area contributed by atoms with Crippen LogP contribution < -0.4 is 0 Å². The van der Waals surface area contributed by atoms with Gasteiger partial charge in [-0.05, 0) is 6.07 Å². The van der Waals surface area contributed by atoms with Crippen LogP contribution in [0.3, 0.4) is 0 Å². The minimum absolute atomic E-state index is 0.0391. The Morgan fingerprint density at radius 2 is 2.07 bits per heavy atom. The van der Waals surface area contributed by atoms with E-state index in [2.05, 4.69) is 0 Å². The monoisotopic (exact) mass is 193 g/mol. The fourth-order valence-corrected chi connectivity index (χ4v) is 0.999. The van der Waals surface area contributed by atoms with Crippen LogP contribution in [0.4, 0.5) is 5.69 Å². The van der Waals surface area contributed by atoms with Crippen LogP contribution in [0.2, 0.25) is 0 Å². The quantitative estimate of drug-likeness (QED) is 0.261. The Morgan fingerprint density at radius 1 is 1.43 bits per heavy atom. The zero-order valence-corrected chi connectivity index (χ0v) is 7.08. The minimum Gasteiger partial charge on any atom is -0.515 e. The van der Waals surface area contributed by atoms with Gasteiger partial charge >= 0.3 is 0 Å². The normalized spacial score (nSPS) is 10.3. The molecule has 0 saturated carbocycles. The lowest BCUT2D eigenvalue weighted by atomic mass is 10.1. The molecule has 72 valence electrons. The van der Waals surface area contributed by atoms with Crippen molar-refractivity contribution < 1.29 is 14.8 Å². The summed E-state index contributed by atoms with van der Waals surface area (Å²) in [6.45, 7) is 0. The Labute approximate surface area is 79.4 Å². The first-order valence-corrected chi connectivity index (χ1v) is 3.75. The number of benzene rings is 1. The Hall–Kier alpha value is -2.17. The molecular formula is C9H7NO4. The number of ketones is 1. The van der Waals surface area contributed by atoms with Crippen LogP contribution in [0.25, 0.3) is 0 Å². The van der Waals surface area contributed by atoms with Crippen LogP contribution in [-0.4, -0.2) is 15.8 Å². The molecule has 0 aliphatic rings. The number of aliphatic hydroxyl groups is 1. The molecule has 0 fully saturated rings. The zero-order chi connectivity index (χ0) is 10.6. The highest BCUT2D eigenvalue weighted by Crippen LogP contribution is 2.18. The van der Waals surface area contributed by atoms with Gasteiger partial charge in [-0.2, -0.15) is 0 Å². The molecule has 5 nitrogen and oxygen atoms in total. The maximum absolute atomic E-state index is 11.2. The first-order valence-electron chi connectivity index (χ1n) is 3.75. The second-order valence-corrected chi connectivity index (χ2v) is 2.45. The molecule has 0 aromatic heterocycles. The van der Waals surface area contributed by atoms with Gasteiger partial charge in [-0.15, -0.1) is 0 Å². The maximum Gasteiger partial charge on any atom is 0.280 e. The molecule has 1 rings (SSSR count). The molecule has 5 heteroatoms. The van der Waals surface area contributed by atoms with Gasteiger partial charge in [0.2, 0.25) is 0 Å². The van der Waals surface area contributed by atoms with Gasteiger partial charge < -0.3 is 5.11 Å². The summed E-state index contributed by atoms with van der Waals surface area (Å²) < 4.78 is 0. The molecule has 0 saturated heterocycles. The van der Waals surface area contributed by atoms with Gasteiger partial charge in [0.1, 0.15) is 0 Å². The number of carbonyl (C=O) groups excluding carboxylic acids is 1. The highest BCUT2D eigenvalue weighted by atomic mass is 16.6. The molecule has 0 heterocycles. The standard InChI is InChI=1S/C9H7NO4/c11-6-5-9(12)7-3-1-2-4-8(7)10(13)14/h1-6,11H/b6-5+. The van der Waals surface area contributed by atoms with Crippen molar-refractivity contribution in [3.05, 3.63) is 52.3 Å². The minimum atomic E-state index is -0.640. The number of para-hydroxylation sites is 1. The van der Waals surface area contributed by atoms with E-state index in [1.54, 1.807) is 0 Å². The molecule has 1 aromatic carbocycles. The Morgan fingerprint density at radius 3 is 2.64 bits per heavy atom. The van der Waals surface area contributed by atoms with E-state index in [-0.39, 0.29) is 11.3 Å². The number of nitro benzene ring substituents is 1. The fraction of sp³-hybridized carbons (Fsp3) is 0. The number of rotatable bonds is 3. The van der Waals surface area contributed by atoms with Gasteiger partial charge in [0, 0.05) is 12.1 Å². The van der Waals surface area contributed by atoms with E-state index in [0.29, 0.717) is 6.26 Å². The van der Waals surface area contributed by atoms with Crippen LogP contribution in [0.5, 0.6) is 0 Å². The van der Waals surface area contributed by atoms with Crippen molar-refractivity contribution >= 4 is 11.5 Å². The molecule has 14 heavy (non-hydrogen) atoms. The maximum atomic E-state index is 11.2. The van der Waals surface area contributed by atoms with E-state index in [1.165, 1.54) is 24.3 Å². The van der Waals surface area contributed by atoms with Crippen LogP contribution in [0.1, 0.15) is 10.4 Å². The van der Waals surface area contributed by atoms with Crippen molar-refractivity contribution in [1.82, 2.24) is 0 Å². The lowest BCUT2D eigenvalue weighted by molar-refractivity contribution is -0.385. The van der Waals surface area contributed by atoms with Gasteiger partial charge in [0.15, 0.2) is 5.78 Å². The lowest BCUT2D eigenvalue weighted by Gasteiger charge is -1.96. The molecule has 0 spiro atoms. The highest BCUT2D eigenvalue weighted by molar-refractivity contribution is 6.07. The number of aliphatic hydroxyl groups excluding tert-OH is 1. The van der Waals surface area contributed by atoms with Gasteiger partial charge in [0.05, 0.1) is 16.7 Å². The number of hydrogen-bond donors (Lipinski definition) is 1. The summed E-state index contributed by atoms with van der Waals surface area (Å²) in [5.41, 5.74) is -0.307. The number of allylic oxidation sites excluding steroid dienone is 1. The van der Waals surface area contributed by atoms with Crippen LogP contribution in [-0.2, 0) is 0 Å². The number of nitrogens with zero attached hydrogens (tertiary/aromatic N) is 1. The van der Waals surface area contributed by atoms with Crippen molar-refractivity contribution in [1.29, 1.82) is 0 Å². The van der Waals surface area contributed by atoms with Gasteiger partial charge in [-0.3, -0.25) is 14.9 Å². The average molecular weight is 193 g/mol. The van der Waals surface area contributed by atoms with E-state index in [0.717, 1.165) is 6.08 Å². The summed E-state index contributed by atoms with van der Waals surface area (Å²) in [5.74, 6) is -0.597. The summed E-state index contributed by atoms with van der Waals surface area (Å²) in [6.07, 6.45) is 1.42. The van der Waals surface area contributed by atoms with Crippen LogP contribution >= 0.6 is 0 Å². The van der Waals surface area contributed by atoms with E-state index < -0.39 is 10.7 Å². The molecule has 0 atom stereocenters. The molecule has 0 aliphatic carbocycles. The average Bonchev–Trinajstić information content (AvgIpc) is 2.18. The third-order valence-corrected chi connectivity index (χ3v) is 1.59. The van der Waals surface area contributed by atoms with Crippen molar-refractivity contribution in [2.45, 2.75) is 0 Å². The Bertz CT molecular complexity index is 398. The molecule has 0 unspecified atom stereocenters.